The van der Waals surface area contributed by atoms with E-state index in [1.165, 1.54) is 4.90 Å². The number of aliphatic hydroxyl groups excluding tert-OH is 1. The summed E-state index contributed by atoms with van der Waals surface area (Å²) in [7, 11) is -3.27. The van der Waals surface area contributed by atoms with Crippen LogP contribution in [0.25, 0.3) is 0 Å². The highest BCUT2D eigenvalue weighted by molar-refractivity contribution is 7.91. The molecule has 0 radical (unpaired) electrons. The topological polar surface area (TPSA) is 104 Å². The van der Waals surface area contributed by atoms with E-state index < -0.39 is 34.0 Å². The highest BCUT2D eigenvalue weighted by atomic mass is 32.2. The van der Waals surface area contributed by atoms with Crippen LogP contribution in [0.15, 0.2) is 0 Å². The molecule has 0 aliphatic carbocycles. The van der Waals surface area contributed by atoms with Gasteiger partial charge < -0.3 is 14.9 Å². The number of morpholine rings is 1. The number of carboxylic acid groups (broad SMARTS) is 1. The smallest absolute Gasteiger partial charge is 0.323 e. The Balaban J connectivity index is 2.17. The highest BCUT2D eigenvalue weighted by Gasteiger charge is 2.44. The van der Waals surface area contributed by atoms with Gasteiger partial charge in [-0.05, 0) is 0 Å². The number of hydrogen-bond acceptors (Lipinski definition) is 6. The summed E-state index contributed by atoms with van der Waals surface area (Å²) in [6, 6.07) is -1.51. The molecule has 0 bridgehead atoms. The van der Waals surface area contributed by atoms with E-state index in [4.69, 9.17) is 9.84 Å². The molecule has 0 aromatic rings. The van der Waals surface area contributed by atoms with Crippen LogP contribution in [0.4, 0.5) is 0 Å². The quantitative estimate of drug-likeness (QED) is 0.591. The Labute approximate surface area is 98.9 Å². The predicted octanol–water partition coefficient (Wildman–Crippen LogP) is -2.07. The van der Waals surface area contributed by atoms with Gasteiger partial charge in [0.05, 0.1) is 36.9 Å². The van der Waals surface area contributed by atoms with Crippen molar-refractivity contribution in [3.8, 4) is 0 Å². The Morgan fingerprint density at radius 2 is 2.06 bits per heavy atom. The average molecular weight is 265 g/mol. The molecule has 2 saturated heterocycles. The van der Waals surface area contributed by atoms with Gasteiger partial charge in [0.2, 0.25) is 0 Å². The summed E-state index contributed by atoms with van der Waals surface area (Å²) < 4.78 is 27.9. The van der Waals surface area contributed by atoms with Crippen LogP contribution in [0.5, 0.6) is 0 Å². The minimum atomic E-state index is -3.27. The van der Waals surface area contributed by atoms with Gasteiger partial charge in [-0.2, -0.15) is 0 Å². The fourth-order valence-electron chi connectivity index (χ4n) is 2.35. The number of carbonyl (C=O) groups is 1. The van der Waals surface area contributed by atoms with E-state index in [1.54, 1.807) is 0 Å². The van der Waals surface area contributed by atoms with Crippen molar-refractivity contribution in [2.24, 2.45) is 0 Å². The number of rotatable bonds is 2. The van der Waals surface area contributed by atoms with Crippen molar-refractivity contribution in [1.29, 1.82) is 0 Å². The third-order valence-corrected chi connectivity index (χ3v) is 4.87. The molecule has 2 heterocycles. The van der Waals surface area contributed by atoms with Crippen molar-refractivity contribution in [3.63, 3.8) is 0 Å². The monoisotopic (exact) mass is 265 g/mol. The SMILES string of the molecule is O=C(O)C1COCCN1C1CS(=O)(=O)CC1O. The minimum Gasteiger partial charge on any atom is -0.480 e. The largest absolute Gasteiger partial charge is 0.480 e. The second kappa shape index (κ2) is 4.52. The van der Waals surface area contributed by atoms with Crippen LogP contribution in [-0.2, 0) is 19.4 Å². The fraction of sp³-hybridized carbons (Fsp3) is 0.889. The van der Waals surface area contributed by atoms with E-state index in [9.17, 15) is 18.3 Å². The lowest BCUT2D eigenvalue weighted by Crippen LogP contribution is -2.57. The second-order valence-electron chi connectivity index (χ2n) is 4.38. The summed E-state index contributed by atoms with van der Waals surface area (Å²) in [5.74, 6) is -1.53. The van der Waals surface area contributed by atoms with Gasteiger partial charge >= 0.3 is 5.97 Å². The van der Waals surface area contributed by atoms with E-state index in [-0.39, 0.29) is 18.1 Å². The first-order chi connectivity index (χ1) is 7.91. The molecule has 2 N–H and O–H groups in total. The van der Waals surface area contributed by atoms with Gasteiger partial charge in [-0.15, -0.1) is 0 Å². The van der Waals surface area contributed by atoms with E-state index in [2.05, 4.69) is 0 Å². The first-order valence-electron chi connectivity index (χ1n) is 5.35. The van der Waals surface area contributed by atoms with Crippen LogP contribution in [0, 0.1) is 0 Å². The number of ether oxygens (including phenoxy) is 1. The molecule has 2 fully saturated rings. The molecule has 0 spiro atoms. The second-order valence-corrected chi connectivity index (χ2v) is 6.53. The van der Waals surface area contributed by atoms with Gasteiger partial charge in [-0.1, -0.05) is 0 Å². The molecule has 0 amide bonds. The number of aliphatic hydroxyl groups is 1. The fourth-order valence-corrected chi connectivity index (χ4v) is 4.17. The van der Waals surface area contributed by atoms with Crippen LogP contribution in [-0.4, -0.2) is 79.0 Å². The molecular formula is C9H15NO6S. The zero-order chi connectivity index (χ0) is 12.6. The average Bonchev–Trinajstić information content (AvgIpc) is 2.52. The molecule has 0 aromatic heterocycles. The summed E-state index contributed by atoms with van der Waals surface area (Å²) in [5, 5.41) is 18.8. The molecule has 2 rings (SSSR count). The summed E-state index contributed by atoms with van der Waals surface area (Å²) in [6.45, 7) is 0.708. The number of carboxylic acids is 1. The summed E-state index contributed by atoms with van der Waals surface area (Å²) >= 11 is 0. The lowest BCUT2D eigenvalue weighted by Gasteiger charge is -2.37. The number of sulfone groups is 1. The maximum absolute atomic E-state index is 11.4. The van der Waals surface area contributed by atoms with Gasteiger partial charge in [-0.3, -0.25) is 9.69 Å². The highest BCUT2D eigenvalue weighted by Crippen LogP contribution is 2.22. The first kappa shape index (κ1) is 12.7. The van der Waals surface area contributed by atoms with Crippen molar-refractivity contribution < 1.29 is 28.2 Å². The summed E-state index contributed by atoms with van der Waals surface area (Å²) in [5.41, 5.74) is 0. The third kappa shape index (κ3) is 2.59. The summed E-state index contributed by atoms with van der Waals surface area (Å²) in [4.78, 5) is 12.6. The molecule has 0 saturated carbocycles. The minimum absolute atomic E-state index is 0.0264. The van der Waals surface area contributed by atoms with Gasteiger partial charge in [0.1, 0.15) is 6.04 Å². The number of hydrogen-bond donors (Lipinski definition) is 2. The van der Waals surface area contributed by atoms with E-state index >= 15 is 0 Å². The molecule has 0 aromatic carbocycles. The Morgan fingerprint density at radius 3 is 2.59 bits per heavy atom. The molecule has 2 aliphatic heterocycles. The van der Waals surface area contributed by atoms with Crippen molar-refractivity contribution in [1.82, 2.24) is 4.90 Å². The lowest BCUT2D eigenvalue weighted by molar-refractivity contribution is -0.152. The predicted molar refractivity (Wildman–Crippen MR) is 57.4 cm³/mol. The van der Waals surface area contributed by atoms with Crippen molar-refractivity contribution >= 4 is 15.8 Å². The Hall–Kier alpha value is -0.700. The van der Waals surface area contributed by atoms with Crippen LogP contribution in [0.3, 0.4) is 0 Å². The van der Waals surface area contributed by atoms with Crippen molar-refractivity contribution in [2.75, 3.05) is 31.3 Å². The van der Waals surface area contributed by atoms with E-state index in [1.807, 2.05) is 0 Å². The first-order valence-corrected chi connectivity index (χ1v) is 7.17. The van der Waals surface area contributed by atoms with Crippen molar-refractivity contribution in [3.05, 3.63) is 0 Å². The maximum Gasteiger partial charge on any atom is 0.323 e. The Kier molecular flexibility index (Phi) is 3.39. The lowest BCUT2D eigenvalue weighted by atomic mass is 10.1. The molecule has 7 nitrogen and oxygen atoms in total. The van der Waals surface area contributed by atoms with Crippen LogP contribution >= 0.6 is 0 Å². The van der Waals surface area contributed by atoms with Crippen LogP contribution in [0.1, 0.15) is 0 Å². The van der Waals surface area contributed by atoms with Gasteiger partial charge in [0.15, 0.2) is 9.84 Å². The Morgan fingerprint density at radius 1 is 1.35 bits per heavy atom. The molecule has 17 heavy (non-hydrogen) atoms. The molecule has 8 heteroatoms. The van der Waals surface area contributed by atoms with Gasteiger partial charge in [0, 0.05) is 6.54 Å². The van der Waals surface area contributed by atoms with Crippen LogP contribution < -0.4 is 0 Å². The van der Waals surface area contributed by atoms with Crippen molar-refractivity contribution in [2.45, 2.75) is 18.2 Å². The van der Waals surface area contributed by atoms with E-state index in [0.717, 1.165) is 0 Å². The van der Waals surface area contributed by atoms with Crippen LogP contribution in [0.2, 0.25) is 0 Å². The summed E-state index contributed by atoms with van der Waals surface area (Å²) in [6.07, 6.45) is -1.01. The maximum atomic E-state index is 11.4. The zero-order valence-electron chi connectivity index (χ0n) is 9.15. The molecule has 3 unspecified atom stereocenters. The standard InChI is InChI=1S/C9H15NO6S/c11-8-5-17(14,15)4-7(8)10-1-2-16-3-6(10)9(12)13/h6-8,11H,1-5H2,(H,12,13). The van der Waals surface area contributed by atoms with Gasteiger partial charge in [0.25, 0.3) is 0 Å². The van der Waals surface area contributed by atoms with Gasteiger partial charge in [-0.25, -0.2) is 8.42 Å². The zero-order valence-corrected chi connectivity index (χ0v) is 9.97. The number of nitrogens with zero attached hydrogens (tertiary/aromatic N) is 1. The molecule has 3 atom stereocenters. The third-order valence-electron chi connectivity index (χ3n) is 3.17. The molecular weight excluding hydrogens is 250 g/mol. The normalized spacial score (nSPS) is 38.1. The van der Waals surface area contributed by atoms with E-state index in [0.29, 0.717) is 13.2 Å². The molecule has 98 valence electrons. The Bertz CT molecular complexity index is 408. The number of aliphatic carboxylic acids is 1. The molecule has 2 aliphatic rings.